The highest BCUT2D eigenvalue weighted by Gasteiger charge is 2.21. The van der Waals surface area contributed by atoms with Crippen LogP contribution in [0.25, 0.3) is 11.1 Å². The summed E-state index contributed by atoms with van der Waals surface area (Å²) in [5, 5.41) is 12.3. The Hall–Kier alpha value is -4.52. The number of carboxylic acid groups (broad SMARTS) is 1. The summed E-state index contributed by atoms with van der Waals surface area (Å²) in [5.41, 5.74) is 5.36. The lowest BCUT2D eigenvalue weighted by Crippen LogP contribution is -2.30. The van der Waals surface area contributed by atoms with Crippen LogP contribution in [0.2, 0.25) is 0 Å². The van der Waals surface area contributed by atoms with Gasteiger partial charge in [0.05, 0.1) is 5.56 Å². The number of hydrogen-bond acceptors (Lipinski definition) is 3. The second kappa shape index (κ2) is 11.1. The van der Waals surface area contributed by atoms with Crippen molar-refractivity contribution in [2.75, 3.05) is 11.4 Å². The molecule has 5 rings (SSSR count). The number of anilines is 1. The van der Waals surface area contributed by atoms with E-state index in [9.17, 15) is 19.1 Å². The third-order valence-corrected chi connectivity index (χ3v) is 7.13. The van der Waals surface area contributed by atoms with Crippen molar-refractivity contribution in [2.24, 2.45) is 0 Å². The van der Waals surface area contributed by atoms with Crippen molar-refractivity contribution in [2.45, 2.75) is 32.9 Å². The highest BCUT2D eigenvalue weighted by atomic mass is 19.1. The van der Waals surface area contributed by atoms with Gasteiger partial charge in [0.15, 0.2) is 0 Å². The Morgan fingerprint density at radius 2 is 1.77 bits per heavy atom. The molecule has 0 radical (unpaired) electrons. The minimum atomic E-state index is -1.06. The highest BCUT2D eigenvalue weighted by molar-refractivity contribution is 5.96. The Labute approximate surface area is 225 Å². The van der Waals surface area contributed by atoms with Gasteiger partial charge in [-0.2, -0.15) is 0 Å². The Bertz CT molecular complexity index is 1570. The van der Waals surface area contributed by atoms with Crippen LogP contribution in [-0.2, 0) is 19.5 Å². The van der Waals surface area contributed by atoms with Crippen LogP contribution in [0.4, 0.5) is 14.5 Å². The number of carboxylic acids is 1. The predicted molar refractivity (Wildman–Crippen MR) is 147 cm³/mol. The molecule has 0 spiro atoms. The molecule has 2 N–H and O–H groups in total. The van der Waals surface area contributed by atoms with Crippen molar-refractivity contribution in [3.8, 4) is 11.1 Å². The first-order valence-electron chi connectivity index (χ1n) is 12.8. The first-order valence-corrected chi connectivity index (χ1v) is 12.8. The van der Waals surface area contributed by atoms with E-state index in [-0.39, 0.29) is 23.8 Å². The van der Waals surface area contributed by atoms with E-state index < -0.39 is 11.8 Å². The zero-order chi connectivity index (χ0) is 27.5. The molecule has 0 atom stereocenters. The van der Waals surface area contributed by atoms with Gasteiger partial charge in [-0.25, -0.2) is 13.6 Å². The van der Waals surface area contributed by atoms with Crippen LogP contribution in [0.1, 0.15) is 49.4 Å². The van der Waals surface area contributed by atoms with Crippen LogP contribution in [-0.4, -0.2) is 23.5 Å². The maximum absolute atomic E-state index is 15.2. The molecule has 1 heterocycles. The van der Waals surface area contributed by atoms with Crippen molar-refractivity contribution in [1.29, 1.82) is 0 Å². The third-order valence-electron chi connectivity index (χ3n) is 7.13. The lowest BCUT2D eigenvalue weighted by molar-refractivity contribution is 0.0697. The van der Waals surface area contributed by atoms with E-state index in [0.717, 1.165) is 30.6 Å². The monoisotopic (exact) mass is 526 g/mol. The first-order chi connectivity index (χ1) is 18.8. The number of nitrogens with zero attached hydrogens (tertiary/aromatic N) is 1. The van der Waals surface area contributed by atoms with Crippen LogP contribution in [0.15, 0.2) is 78.9 Å². The lowest BCUT2D eigenvalue weighted by atomic mass is 9.96. The standard InChI is InChI=1S/C32H28F2N2O3/c1-20-8-9-21(15-28(20)33)18-35-31(37)24-12-13-30-23(16-24)5-4-14-36(30)19-25-11-10-22(17-29(25)34)26-6-2-3-7-27(26)32(38)39/h2-3,6-13,15-17H,4-5,14,18-19H2,1H3,(H,35,37)(H,38,39). The molecule has 4 aromatic carbocycles. The number of amides is 1. The molecule has 39 heavy (non-hydrogen) atoms. The molecule has 0 bridgehead atoms. The minimum Gasteiger partial charge on any atom is -0.478 e. The molecular weight excluding hydrogens is 498 g/mol. The van der Waals surface area contributed by atoms with Gasteiger partial charge in [-0.3, -0.25) is 4.79 Å². The average molecular weight is 527 g/mol. The fourth-order valence-electron chi connectivity index (χ4n) is 4.98. The Balaban J connectivity index is 1.30. The quantitative estimate of drug-likeness (QED) is 0.288. The van der Waals surface area contributed by atoms with Crippen molar-refractivity contribution < 1.29 is 23.5 Å². The van der Waals surface area contributed by atoms with Gasteiger partial charge >= 0.3 is 5.97 Å². The van der Waals surface area contributed by atoms with E-state index in [0.29, 0.717) is 39.9 Å². The molecule has 0 aromatic heterocycles. The summed E-state index contributed by atoms with van der Waals surface area (Å²) < 4.78 is 29.0. The number of hydrogen-bond donors (Lipinski definition) is 2. The molecule has 0 fully saturated rings. The normalized spacial score (nSPS) is 12.6. The lowest BCUT2D eigenvalue weighted by Gasteiger charge is -2.32. The molecule has 0 aliphatic carbocycles. The number of carbonyl (C=O) groups excluding carboxylic acids is 1. The van der Waals surface area contributed by atoms with Crippen molar-refractivity contribution >= 4 is 17.6 Å². The van der Waals surface area contributed by atoms with Gasteiger partial charge in [0.2, 0.25) is 0 Å². The van der Waals surface area contributed by atoms with E-state index in [1.54, 1.807) is 55.5 Å². The number of fused-ring (bicyclic) bond motifs is 1. The molecule has 1 aliphatic rings. The Morgan fingerprint density at radius 3 is 2.54 bits per heavy atom. The smallest absolute Gasteiger partial charge is 0.336 e. The molecule has 4 aromatic rings. The minimum absolute atomic E-state index is 0.125. The van der Waals surface area contributed by atoms with E-state index in [1.165, 1.54) is 18.2 Å². The molecule has 1 aliphatic heterocycles. The molecule has 1 amide bonds. The molecule has 0 saturated heterocycles. The predicted octanol–water partition coefficient (Wildman–Crippen LogP) is 6.52. The van der Waals surface area contributed by atoms with Crippen molar-refractivity contribution in [3.63, 3.8) is 0 Å². The van der Waals surface area contributed by atoms with Gasteiger partial charge in [0.1, 0.15) is 11.6 Å². The number of aryl methyl sites for hydroxylation is 2. The second-order valence-corrected chi connectivity index (χ2v) is 9.79. The molecular formula is C32H28F2N2O3. The number of benzene rings is 4. The average Bonchev–Trinajstić information content (AvgIpc) is 2.94. The fraction of sp³-hybridized carbons (Fsp3) is 0.188. The number of rotatable bonds is 7. The molecule has 0 saturated carbocycles. The maximum Gasteiger partial charge on any atom is 0.336 e. The molecule has 5 nitrogen and oxygen atoms in total. The van der Waals surface area contributed by atoms with Gasteiger partial charge in [-0.15, -0.1) is 0 Å². The summed E-state index contributed by atoms with van der Waals surface area (Å²) in [6.07, 6.45) is 1.68. The topological polar surface area (TPSA) is 69.6 Å². The molecule has 198 valence electrons. The van der Waals surface area contributed by atoms with Crippen LogP contribution in [0.5, 0.6) is 0 Å². The largest absolute Gasteiger partial charge is 0.478 e. The van der Waals surface area contributed by atoms with Gasteiger partial charge in [0.25, 0.3) is 5.91 Å². The van der Waals surface area contributed by atoms with Gasteiger partial charge in [-0.1, -0.05) is 42.5 Å². The van der Waals surface area contributed by atoms with Gasteiger partial charge < -0.3 is 15.3 Å². The third kappa shape index (κ3) is 5.67. The number of carbonyl (C=O) groups is 2. The van der Waals surface area contributed by atoms with E-state index in [1.807, 2.05) is 12.1 Å². The van der Waals surface area contributed by atoms with Crippen LogP contribution in [0.3, 0.4) is 0 Å². The number of nitrogens with one attached hydrogen (secondary N) is 1. The van der Waals surface area contributed by atoms with E-state index >= 15 is 4.39 Å². The Kier molecular flexibility index (Phi) is 7.41. The molecule has 7 heteroatoms. The van der Waals surface area contributed by atoms with Gasteiger partial charge in [0, 0.05) is 36.4 Å². The molecule has 0 unspecified atom stereocenters. The maximum atomic E-state index is 15.2. The number of halogens is 2. The summed E-state index contributed by atoms with van der Waals surface area (Å²) in [6, 6.07) is 21.8. The summed E-state index contributed by atoms with van der Waals surface area (Å²) in [5.74, 6) is -1.99. The number of aromatic carboxylic acids is 1. The zero-order valence-corrected chi connectivity index (χ0v) is 21.5. The summed E-state index contributed by atoms with van der Waals surface area (Å²) in [7, 11) is 0. The summed E-state index contributed by atoms with van der Waals surface area (Å²) in [6.45, 7) is 3.02. The first kappa shape index (κ1) is 26.1. The van der Waals surface area contributed by atoms with E-state index in [4.69, 9.17) is 0 Å². The van der Waals surface area contributed by atoms with Crippen LogP contribution in [0, 0.1) is 18.6 Å². The van der Waals surface area contributed by atoms with Crippen molar-refractivity contribution in [1.82, 2.24) is 5.32 Å². The van der Waals surface area contributed by atoms with Crippen LogP contribution >= 0.6 is 0 Å². The second-order valence-electron chi connectivity index (χ2n) is 9.79. The van der Waals surface area contributed by atoms with Gasteiger partial charge in [-0.05, 0) is 84.0 Å². The summed E-state index contributed by atoms with van der Waals surface area (Å²) >= 11 is 0. The fourth-order valence-corrected chi connectivity index (χ4v) is 4.98. The SMILES string of the molecule is Cc1ccc(CNC(=O)c2ccc3c(c2)CCCN3Cc2ccc(-c3ccccc3C(=O)O)cc2F)cc1F. The van der Waals surface area contributed by atoms with E-state index in [2.05, 4.69) is 10.2 Å². The Morgan fingerprint density at radius 1 is 0.949 bits per heavy atom. The summed E-state index contributed by atoms with van der Waals surface area (Å²) in [4.78, 5) is 26.5. The highest BCUT2D eigenvalue weighted by Crippen LogP contribution is 2.31. The van der Waals surface area contributed by atoms with Crippen LogP contribution < -0.4 is 10.2 Å². The van der Waals surface area contributed by atoms with Crippen molar-refractivity contribution in [3.05, 3.63) is 124 Å². The zero-order valence-electron chi connectivity index (χ0n) is 21.5.